The third-order valence-corrected chi connectivity index (χ3v) is 16.7. The minimum Gasteiger partial charge on any atom is -0.309 e. The molecule has 0 saturated carbocycles. The van der Waals surface area contributed by atoms with Crippen molar-refractivity contribution in [1.82, 2.24) is 13.7 Å². The summed E-state index contributed by atoms with van der Waals surface area (Å²) in [4.78, 5) is 0. The van der Waals surface area contributed by atoms with Gasteiger partial charge in [0, 0.05) is 65.5 Å². The van der Waals surface area contributed by atoms with Gasteiger partial charge in [-0.3, -0.25) is 0 Å². The van der Waals surface area contributed by atoms with E-state index < -0.39 is 0 Å². The lowest BCUT2D eigenvalue weighted by atomic mass is 10.00. The molecule has 0 atom stereocenters. The molecule has 3 nitrogen and oxygen atoms in total. The van der Waals surface area contributed by atoms with Gasteiger partial charge in [-0.2, -0.15) is 0 Å². The minimum atomic E-state index is 1.20. The van der Waals surface area contributed by atoms with E-state index in [1.807, 2.05) is 0 Å². The van der Waals surface area contributed by atoms with Gasteiger partial charge in [-0.05, 0) is 103 Å². The van der Waals surface area contributed by atoms with E-state index in [4.69, 9.17) is 0 Å². The first kappa shape index (κ1) is 46.4. The van der Waals surface area contributed by atoms with Crippen molar-refractivity contribution in [2.75, 3.05) is 0 Å². The fraction of sp³-hybridized carbons (Fsp3) is 0. The summed E-state index contributed by atoms with van der Waals surface area (Å²) in [5.41, 5.74) is 11.2. The summed E-state index contributed by atoms with van der Waals surface area (Å²) in [6.45, 7) is 0. The van der Waals surface area contributed by atoms with E-state index in [1.54, 1.807) is 0 Å². The molecular weight excluding hydrogens is 979 g/mol. The molecule has 0 radical (unpaired) electrons. The summed E-state index contributed by atoms with van der Waals surface area (Å²) >= 11 is 0. The number of para-hydroxylation sites is 3. The molecule has 81 heavy (non-hydrogen) atoms. The first-order valence-electron chi connectivity index (χ1n) is 27.9. The molecule has 0 amide bonds. The van der Waals surface area contributed by atoms with Crippen molar-refractivity contribution >= 4 is 130 Å². The zero-order valence-electron chi connectivity index (χ0n) is 44.3. The summed E-state index contributed by atoms with van der Waals surface area (Å²) in [7, 11) is 0. The van der Waals surface area contributed by atoms with Crippen molar-refractivity contribution in [3.8, 4) is 17.1 Å². The highest BCUT2D eigenvalue weighted by atomic mass is 15.0. The van der Waals surface area contributed by atoms with Crippen LogP contribution in [0.3, 0.4) is 0 Å². The summed E-state index contributed by atoms with van der Waals surface area (Å²) in [5.74, 6) is 0. The van der Waals surface area contributed by atoms with Gasteiger partial charge in [0.1, 0.15) is 0 Å². The van der Waals surface area contributed by atoms with Gasteiger partial charge >= 0.3 is 0 Å². The van der Waals surface area contributed by atoms with Gasteiger partial charge in [0.25, 0.3) is 0 Å². The second kappa shape index (κ2) is 19.0. The van der Waals surface area contributed by atoms with Crippen LogP contribution in [0.15, 0.2) is 309 Å². The van der Waals surface area contributed by atoms with Gasteiger partial charge in [-0.25, -0.2) is 0 Å². The molecule has 3 aromatic heterocycles. The second-order valence-corrected chi connectivity index (χ2v) is 21.1. The number of aromatic nitrogens is 3. The maximum Gasteiger partial charge on any atom is 0.0619 e. The third-order valence-electron chi connectivity index (χ3n) is 16.7. The van der Waals surface area contributed by atoms with Crippen molar-refractivity contribution < 1.29 is 0 Å². The van der Waals surface area contributed by atoms with Crippen LogP contribution in [0, 0.1) is 0 Å². The number of nitrogens with zero attached hydrogens (tertiary/aromatic N) is 3. The molecule has 3 heteroatoms. The highest BCUT2D eigenvalue weighted by Crippen LogP contribution is 2.43. The SMILES string of the molecule is c1ccc(-n2c3c4ccccc4ccc3c3ccc4ccccc4c32)cc1.c1ccc(-n2c3ccc4ccccc4c3c3c4ccccc4ccc32)cc1.c1ccc(-n2c3ccc4ccccc4c3c3ccc4ccccc4c32)cc1. The maximum atomic E-state index is 2.44. The summed E-state index contributed by atoms with van der Waals surface area (Å²) < 4.78 is 7.25. The normalized spacial score (nSPS) is 11.7. The Kier molecular flexibility index (Phi) is 10.9. The van der Waals surface area contributed by atoms with Crippen LogP contribution >= 0.6 is 0 Å². The molecule has 0 bridgehead atoms. The molecule has 0 aliphatic heterocycles. The fourth-order valence-electron chi connectivity index (χ4n) is 13.2. The second-order valence-electron chi connectivity index (χ2n) is 21.1. The van der Waals surface area contributed by atoms with Crippen molar-refractivity contribution in [2.45, 2.75) is 0 Å². The standard InChI is InChI=1S/3C26H17N/c1-2-10-20(11-3-1)27-24-17-15-18-8-4-6-12-21(18)25(24)23-16-14-19-9-5-7-13-22(19)26(23)27;1-2-10-20(11-3-1)27-23-16-14-18-8-4-6-12-21(18)25(23)26-22-13-7-5-9-19(22)15-17-24(26)27;1-2-10-20(11-3-1)27-25-21-12-6-4-8-18(21)14-16-23(25)24-17-15-19-9-5-7-13-22(19)26(24)27/h3*1-17H. The quantitative estimate of drug-likeness (QED) is 0.168. The molecule has 378 valence electrons. The Morgan fingerprint density at radius 1 is 0.148 bits per heavy atom. The predicted molar refractivity (Wildman–Crippen MR) is 347 cm³/mol. The minimum absolute atomic E-state index is 1.20. The van der Waals surface area contributed by atoms with E-state index >= 15 is 0 Å². The fourth-order valence-corrected chi connectivity index (χ4v) is 13.2. The van der Waals surface area contributed by atoms with Crippen LogP contribution in [0.1, 0.15) is 0 Å². The van der Waals surface area contributed by atoms with Crippen LogP contribution in [0.2, 0.25) is 0 Å². The molecule has 0 unspecified atom stereocenters. The average Bonchev–Trinajstić information content (AvgIpc) is 3.26. The van der Waals surface area contributed by atoms with Crippen molar-refractivity contribution in [3.63, 3.8) is 0 Å². The van der Waals surface area contributed by atoms with E-state index in [9.17, 15) is 0 Å². The number of fused-ring (bicyclic) bond motifs is 21. The summed E-state index contributed by atoms with van der Waals surface area (Å²) in [5, 5.41) is 23.4. The Hall–Kier alpha value is -10.7. The van der Waals surface area contributed by atoms with E-state index in [0.717, 1.165) is 0 Å². The molecule has 0 fully saturated rings. The topological polar surface area (TPSA) is 14.8 Å². The van der Waals surface area contributed by atoms with Crippen LogP contribution in [-0.4, -0.2) is 13.7 Å². The lowest BCUT2D eigenvalue weighted by molar-refractivity contribution is 1.18. The van der Waals surface area contributed by atoms with E-state index in [0.29, 0.717) is 0 Å². The van der Waals surface area contributed by atoms with Gasteiger partial charge in [0.05, 0.1) is 33.1 Å². The first-order valence-corrected chi connectivity index (χ1v) is 27.9. The van der Waals surface area contributed by atoms with Crippen LogP contribution in [0.4, 0.5) is 0 Å². The van der Waals surface area contributed by atoms with Crippen molar-refractivity contribution in [3.05, 3.63) is 309 Å². The van der Waals surface area contributed by atoms with Crippen molar-refractivity contribution in [2.24, 2.45) is 0 Å². The number of rotatable bonds is 3. The Morgan fingerprint density at radius 3 is 0.802 bits per heavy atom. The molecule has 0 aliphatic rings. The van der Waals surface area contributed by atoms with Gasteiger partial charge in [-0.15, -0.1) is 0 Å². The van der Waals surface area contributed by atoms with Gasteiger partial charge < -0.3 is 13.7 Å². The molecule has 0 spiro atoms. The van der Waals surface area contributed by atoms with Crippen molar-refractivity contribution in [1.29, 1.82) is 0 Å². The molecule has 18 rings (SSSR count). The predicted octanol–water partition coefficient (Wildman–Crippen LogP) is 21.3. The third kappa shape index (κ3) is 7.44. The van der Waals surface area contributed by atoms with Crippen LogP contribution in [-0.2, 0) is 0 Å². The van der Waals surface area contributed by atoms with Crippen LogP contribution in [0.5, 0.6) is 0 Å². The van der Waals surface area contributed by atoms with Crippen LogP contribution in [0.25, 0.3) is 147 Å². The highest BCUT2D eigenvalue weighted by Gasteiger charge is 2.20. The Bertz CT molecular complexity index is 5200. The van der Waals surface area contributed by atoms with Gasteiger partial charge in [0.2, 0.25) is 0 Å². The van der Waals surface area contributed by atoms with Crippen LogP contribution < -0.4 is 0 Å². The summed E-state index contributed by atoms with van der Waals surface area (Å²) in [6, 6.07) is 111. The molecule has 0 N–H and O–H groups in total. The zero-order chi connectivity index (χ0) is 53.4. The largest absolute Gasteiger partial charge is 0.309 e. The molecule has 0 saturated heterocycles. The Morgan fingerprint density at radius 2 is 0.407 bits per heavy atom. The Balaban J connectivity index is 0.000000100. The molecule has 3 heterocycles. The molecule has 18 aromatic rings. The maximum absolute atomic E-state index is 2.44. The lowest BCUT2D eigenvalue weighted by Crippen LogP contribution is -1.94. The number of hydrogen-bond acceptors (Lipinski definition) is 0. The highest BCUT2D eigenvalue weighted by molar-refractivity contribution is 6.29. The van der Waals surface area contributed by atoms with E-state index in [-0.39, 0.29) is 0 Å². The lowest BCUT2D eigenvalue weighted by Gasteiger charge is -2.11. The van der Waals surface area contributed by atoms with E-state index in [1.165, 1.54) is 147 Å². The number of benzene rings is 15. The number of hydrogen-bond donors (Lipinski definition) is 0. The zero-order valence-corrected chi connectivity index (χ0v) is 44.3. The molecular formula is C78H51N3. The smallest absolute Gasteiger partial charge is 0.0619 e. The van der Waals surface area contributed by atoms with Gasteiger partial charge in [0.15, 0.2) is 0 Å². The van der Waals surface area contributed by atoms with Gasteiger partial charge in [-0.1, -0.05) is 255 Å². The Labute approximate surface area is 467 Å². The van der Waals surface area contributed by atoms with E-state index in [2.05, 4.69) is 323 Å². The summed E-state index contributed by atoms with van der Waals surface area (Å²) in [6.07, 6.45) is 0. The first-order chi connectivity index (χ1) is 40.2. The monoisotopic (exact) mass is 1030 g/mol. The molecule has 15 aromatic carbocycles. The average molecular weight is 1030 g/mol. The molecule has 0 aliphatic carbocycles.